The van der Waals surface area contributed by atoms with E-state index in [2.05, 4.69) is 11.3 Å². The molecule has 0 bridgehead atoms. The lowest BCUT2D eigenvalue weighted by Crippen LogP contribution is -2.10. The van der Waals surface area contributed by atoms with Crippen LogP contribution in [0.15, 0.2) is 12.4 Å². The Hall–Kier alpha value is -0.870. The Balaban J connectivity index is 1.88. The minimum Gasteiger partial charge on any atom is -0.381 e. The van der Waals surface area contributed by atoms with Gasteiger partial charge in [-0.05, 0) is 24.9 Å². The van der Waals surface area contributed by atoms with Crippen LogP contribution in [-0.2, 0) is 17.7 Å². The van der Waals surface area contributed by atoms with Gasteiger partial charge in [-0.15, -0.1) is 0 Å². The third-order valence-corrected chi connectivity index (χ3v) is 2.59. The zero-order chi connectivity index (χ0) is 9.80. The summed E-state index contributed by atoms with van der Waals surface area (Å²) in [6.07, 6.45) is 6.07. The van der Waals surface area contributed by atoms with Crippen LogP contribution in [0.3, 0.4) is 0 Å². The summed E-state index contributed by atoms with van der Waals surface area (Å²) in [5, 5.41) is 4.30. The Morgan fingerprint density at radius 3 is 3.29 bits per heavy atom. The molecule has 2 rings (SSSR count). The fourth-order valence-electron chi connectivity index (χ4n) is 1.79. The van der Waals surface area contributed by atoms with Gasteiger partial charge in [-0.2, -0.15) is 5.10 Å². The average Bonchev–Trinajstić information content (AvgIpc) is 2.79. The first-order valence-electron chi connectivity index (χ1n) is 5.17. The number of rotatable bonds is 4. The van der Waals surface area contributed by atoms with Crippen LogP contribution in [0.5, 0.6) is 0 Å². The average molecular weight is 195 g/mol. The summed E-state index contributed by atoms with van der Waals surface area (Å²) in [5.41, 5.74) is 6.70. The van der Waals surface area contributed by atoms with Crippen molar-refractivity contribution in [2.75, 3.05) is 19.8 Å². The summed E-state index contributed by atoms with van der Waals surface area (Å²) in [4.78, 5) is 0. The summed E-state index contributed by atoms with van der Waals surface area (Å²) in [6.45, 7) is 3.45. The van der Waals surface area contributed by atoms with Crippen LogP contribution in [0.25, 0.3) is 0 Å². The van der Waals surface area contributed by atoms with E-state index in [1.165, 1.54) is 5.56 Å². The predicted octanol–water partition coefficient (Wildman–Crippen LogP) is 0.421. The first-order valence-corrected chi connectivity index (χ1v) is 5.17. The van der Waals surface area contributed by atoms with Crippen LogP contribution in [-0.4, -0.2) is 29.5 Å². The fraction of sp³-hybridized carbons (Fsp3) is 0.700. The number of nitrogens with zero attached hydrogens (tertiary/aromatic N) is 2. The van der Waals surface area contributed by atoms with Crippen molar-refractivity contribution in [1.29, 1.82) is 0 Å². The highest BCUT2D eigenvalue weighted by molar-refractivity contribution is 5.04. The molecule has 0 spiro atoms. The first-order chi connectivity index (χ1) is 6.88. The summed E-state index contributed by atoms with van der Waals surface area (Å²) >= 11 is 0. The van der Waals surface area contributed by atoms with Crippen LogP contribution >= 0.6 is 0 Å². The largest absolute Gasteiger partial charge is 0.381 e. The second kappa shape index (κ2) is 4.57. The summed E-state index contributed by atoms with van der Waals surface area (Å²) in [5.74, 6) is 0.639. The van der Waals surface area contributed by atoms with Crippen molar-refractivity contribution in [3.05, 3.63) is 18.0 Å². The van der Waals surface area contributed by atoms with Crippen LogP contribution < -0.4 is 5.73 Å². The lowest BCUT2D eigenvalue weighted by atomic mass is 10.1. The van der Waals surface area contributed by atoms with Crippen molar-refractivity contribution in [3.63, 3.8) is 0 Å². The zero-order valence-electron chi connectivity index (χ0n) is 8.35. The van der Waals surface area contributed by atoms with Gasteiger partial charge in [-0.1, -0.05) is 0 Å². The second-order valence-electron chi connectivity index (χ2n) is 3.84. The Bertz CT molecular complexity index is 279. The van der Waals surface area contributed by atoms with Gasteiger partial charge in [0.2, 0.25) is 0 Å². The van der Waals surface area contributed by atoms with Crippen molar-refractivity contribution < 1.29 is 4.74 Å². The van der Waals surface area contributed by atoms with Gasteiger partial charge in [0.1, 0.15) is 0 Å². The van der Waals surface area contributed by atoms with Crippen LogP contribution in [0.4, 0.5) is 0 Å². The molecule has 0 amide bonds. The van der Waals surface area contributed by atoms with Crippen LogP contribution in [0.2, 0.25) is 0 Å². The Kier molecular flexibility index (Phi) is 3.16. The molecule has 4 heteroatoms. The molecule has 1 aliphatic heterocycles. The highest BCUT2D eigenvalue weighted by atomic mass is 16.5. The standard InChI is InChI=1S/C10H17N3O/c11-3-1-9-5-12-13(6-9)7-10-2-4-14-8-10/h5-6,10H,1-4,7-8,11H2. The molecule has 1 unspecified atom stereocenters. The van der Waals surface area contributed by atoms with Gasteiger partial charge in [-0.25, -0.2) is 0 Å². The molecule has 4 nitrogen and oxygen atoms in total. The van der Waals surface area contributed by atoms with Crippen LogP contribution in [0, 0.1) is 5.92 Å². The maximum atomic E-state index is 5.48. The molecular weight excluding hydrogens is 178 g/mol. The number of ether oxygens (including phenoxy) is 1. The molecular formula is C10H17N3O. The van der Waals surface area contributed by atoms with Gasteiger partial charge in [-0.3, -0.25) is 4.68 Å². The maximum Gasteiger partial charge on any atom is 0.0522 e. The molecule has 1 saturated heterocycles. The SMILES string of the molecule is NCCc1cnn(CC2CCOC2)c1. The molecule has 0 aromatic carbocycles. The summed E-state index contributed by atoms with van der Waals surface area (Å²) in [6, 6.07) is 0. The van der Waals surface area contributed by atoms with E-state index in [0.29, 0.717) is 12.5 Å². The molecule has 0 radical (unpaired) electrons. The Morgan fingerprint density at radius 2 is 2.57 bits per heavy atom. The number of hydrogen-bond donors (Lipinski definition) is 1. The lowest BCUT2D eigenvalue weighted by molar-refractivity contribution is 0.181. The van der Waals surface area contributed by atoms with Crippen molar-refractivity contribution in [2.24, 2.45) is 11.7 Å². The molecule has 78 valence electrons. The first kappa shape index (κ1) is 9.68. The van der Waals surface area contributed by atoms with E-state index in [1.54, 1.807) is 0 Å². The Labute approximate surface area is 84.0 Å². The molecule has 0 saturated carbocycles. The fourth-order valence-corrected chi connectivity index (χ4v) is 1.79. The molecule has 1 aromatic rings. The van der Waals surface area contributed by atoms with Crippen LogP contribution in [0.1, 0.15) is 12.0 Å². The van der Waals surface area contributed by atoms with Gasteiger partial charge in [0.15, 0.2) is 0 Å². The third-order valence-electron chi connectivity index (χ3n) is 2.59. The van der Waals surface area contributed by atoms with E-state index >= 15 is 0 Å². The van der Waals surface area contributed by atoms with E-state index in [9.17, 15) is 0 Å². The molecule has 0 aliphatic carbocycles. The van der Waals surface area contributed by atoms with Gasteiger partial charge in [0.25, 0.3) is 0 Å². The zero-order valence-corrected chi connectivity index (χ0v) is 8.35. The van der Waals surface area contributed by atoms with Crippen molar-refractivity contribution in [3.8, 4) is 0 Å². The monoisotopic (exact) mass is 195 g/mol. The topological polar surface area (TPSA) is 53.1 Å². The van der Waals surface area contributed by atoms with Gasteiger partial charge >= 0.3 is 0 Å². The molecule has 14 heavy (non-hydrogen) atoms. The van der Waals surface area contributed by atoms with Crippen molar-refractivity contribution >= 4 is 0 Å². The minimum atomic E-state index is 0.639. The van der Waals surface area contributed by atoms with Gasteiger partial charge in [0.05, 0.1) is 12.8 Å². The number of nitrogens with two attached hydrogens (primary N) is 1. The number of hydrogen-bond acceptors (Lipinski definition) is 3. The maximum absolute atomic E-state index is 5.48. The van der Waals surface area contributed by atoms with Crippen molar-refractivity contribution in [1.82, 2.24) is 9.78 Å². The number of aromatic nitrogens is 2. The highest BCUT2D eigenvalue weighted by Gasteiger charge is 2.16. The quantitative estimate of drug-likeness (QED) is 0.757. The van der Waals surface area contributed by atoms with Crippen molar-refractivity contribution in [2.45, 2.75) is 19.4 Å². The van der Waals surface area contributed by atoms with E-state index in [1.807, 2.05) is 10.9 Å². The molecule has 1 aliphatic rings. The summed E-state index contributed by atoms with van der Waals surface area (Å²) < 4.78 is 7.33. The predicted molar refractivity (Wildman–Crippen MR) is 53.9 cm³/mol. The molecule has 1 atom stereocenters. The van der Waals surface area contributed by atoms with E-state index in [4.69, 9.17) is 10.5 Å². The normalized spacial score (nSPS) is 21.6. The molecule has 2 N–H and O–H groups in total. The van der Waals surface area contributed by atoms with Gasteiger partial charge < -0.3 is 10.5 Å². The lowest BCUT2D eigenvalue weighted by Gasteiger charge is -2.06. The molecule has 1 aromatic heterocycles. The Morgan fingerprint density at radius 1 is 1.64 bits per heavy atom. The second-order valence-corrected chi connectivity index (χ2v) is 3.84. The van der Waals surface area contributed by atoms with E-state index < -0.39 is 0 Å². The third kappa shape index (κ3) is 2.33. The van der Waals surface area contributed by atoms with Gasteiger partial charge in [0, 0.05) is 25.3 Å². The summed E-state index contributed by atoms with van der Waals surface area (Å²) in [7, 11) is 0. The minimum absolute atomic E-state index is 0.639. The molecule has 2 heterocycles. The highest BCUT2D eigenvalue weighted by Crippen LogP contribution is 2.14. The molecule has 1 fully saturated rings. The smallest absolute Gasteiger partial charge is 0.0522 e. The van der Waals surface area contributed by atoms with E-state index in [-0.39, 0.29) is 0 Å². The van der Waals surface area contributed by atoms with E-state index in [0.717, 1.165) is 32.6 Å².